The quantitative estimate of drug-likeness (QED) is 0.899. The monoisotopic (exact) mass is 303 g/mol. The van der Waals surface area contributed by atoms with Crippen molar-refractivity contribution in [2.24, 2.45) is 0 Å². The molecular weight excluding hydrogens is 278 g/mol. The molecule has 0 aromatic heterocycles. The van der Waals surface area contributed by atoms with Crippen LogP contribution in [0.4, 0.5) is 16.2 Å². The normalized spacial score (nSPS) is 21.5. The van der Waals surface area contributed by atoms with E-state index in [0.717, 1.165) is 44.6 Å². The number of benzene rings is 1. The molecule has 2 heterocycles. The largest absolute Gasteiger partial charge is 0.376 e. The van der Waals surface area contributed by atoms with E-state index in [2.05, 4.69) is 34.6 Å². The average molecular weight is 303 g/mol. The van der Waals surface area contributed by atoms with Gasteiger partial charge in [0.2, 0.25) is 0 Å². The molecule has 0 spiro atoms. The van der Waals surface area contributed by atoms with E-state index in [-0.39, 0.29) is 18.2 Å². The number of fused-ring (bicyclic) bond motifs is 1. The Bertz CT molecular complexity index is 541. The highest BCUT2D eigenvalue weighted by molar-refractivity contribution is 5.90. The van der Waals surface area contributed by atoms with E-state index in [1.54, 1.807) is 0 Å². The molecule has 2 atom stereocenters. The number of nitrogens with zero attached hydrogens (tertiary/aromatic N) is 1. The molecule has 2 unspecified atom stereocenters. The Hall–Kier alpha value is -1.75. The Balaban J connectivity index is 1.59. The number of amides is 2. The van der Waals surface area contributed by atoms with Crippen molar-refractivity contribution in [1.29, 1.82) is 0 Å². The highest BCUT2D eigenvalue weighted by Gasteiger charge is 2.24. The molecule has 2 aliphatic rings. The Morgan fingerprint density at radius 2 is 2.36 bits per heavy atom. The topological polar surface area (TPSA) is 53.6 Å². The third kappa shape index (κ3) is 3.19. The standard InChI is InChI=1S/C17H25N3O2/c1-3-20-9-8-13-6-7-14(11-15(13)20)19-17(21)18-12(2)16-5-4-10-22-16/h6-7,11-12,16H,3-5,8-10H2,1-2H3,(H2,18,19,21). The number of anilines is 2. The van der Waals surface area contributed by atoms with Gasteiger partial charge < -0.3 is 20.3 Å². The van der Waals surface area contributed by atoms with E-state index in [1.165, 1.54) is 11.3 Å². The summed E-state index contributed by atoms with van der Waals surface area (Å²) < 4.78 is 5.61. The van der Waals surface area contributed by atoms with Crippen LogP contribution in [-0.4, -0.2) is 37.9 Å². The number of rotatable bonds is 4. The molecule has 0 aliphatic carbocycles. The van der Waals surface area contributed by atoms with Gasteiger partial charge in [-0.2, -0.15) is 0 Å². The predicted molar refractivity (Wildman–Crippen MR) is 88.6 cm³/mol. The summed E-state index contributed by atoms with van der Waals surface area (Å²) >= 11 is 0. The molecule has 22 heavy (non-hydrogen) atoms. The van der Waals surface area contributed by atoms with Crippen molar-refractivity contribution in [2.75, 3.05) is 29.9 Å². The first kappa shape index (κ1) is 15.2. The molecule has 5 heteroatoms. The van der Waals surface area contributed by atoms with E-state index >= 15 is 0 Å². The van der Waals surface area contributed by atoms with Crippen molar-refractivity contribution >= 4 is 17.4 Å². The van der Waals surface area contributed by atoms with Crippen molar-refractivity contribution in [1.82, 2.24) is 5.32 Å². The molecule has 2 aliphatic heterocycles. The van der Waals surface area contributed by atoms with Gasteiger partial charge in [0.05, 0.1) is 12.1 Å². The maximum atomic E-state index is 12.1. The van der Waals surface area contributed by atoms with Crippen molar-refractivity contribution in [2.45, 2.75) is 45.3 Å². The number of carbonyl (C=O) groups is 1. The smallest absolute Gasteiger partial charge is 0.319 e. The van der Waals surface area contributed by atoms with Crippen LogP contribution in [0.5, 0.6) is 0 Å². The Morgan fingerprint density at radius 3 is 3.09 bits per heavy atom. The van der Waals surface area contributed by atoms with Crippen LogP contribution in [0.2, 0.25) is 0 Å². The molecule has 0 bridgehead atoms. The lowest BCUT2D eigenvalue weighted by molar-refractivity contribution is 0.0868. The lowest BCUT2D eigenvalue weighted by Gasteiger charge is -2.21. The van der Waals surface area contributed by atoms with Crippen LogP contribution in [0.1, 0.15) is 32.3 Å². The molecule has 1 aromatic carbocycles. The summed E-state index contributed by atoms with van der Waals surface area (Å²) in [5, 5.41) is 5.91. The van der Waals surface area contributed by atoms with Crippen LogP contribution in [-0.2, 0) is 11.2 Å². The van der Waals surface area contributed by atoms with Crippen LogP contribution >= 0.6 is 0 Å². The fourth-order valence-electron chi connectivity index (χ4n) is 3.32. The minimum atomic E-state index is -0.163. The van der Waals surface area contributed by atoms with Crippen LogP contribution in [0.15, 0.2) is 18.2 Å². The highest BCUT2D eigenvalue weighted by Crippen LogP contribution is 2.30. The van der Waals surface area contributed by atoms with Gasteiger partial charge in [-0.3, -0.25) is 0 Å². The van der Waals surface area contributed by atoms with Gasteiger partial charge in [-0.15, -0.1) is 0 Å². The second-order valence-electron chi connectivity index (χ2n) is 6.11. The minimum Gasteiger partial charge on any atom is -0.376 e. The van der Waals surface area contributed by atoms with E-state index in [9.17, 15) is 4.79 Å². The summed E-state index contributed by atoms with van der Waals surface area (Å²) in [6, 6.07) is 6.04. The van der Waals surface area contributed by atoms with Crippen molar-refractivity contribution in [3.63, 3.8) is 0 Å². The first-order chi connectivity index (χ1) is 10.7. The zero-order valence-corrected chi connectivity index (χ0v) is 13.4. The van der Waals surface area contributed by atoms with Gasteiger partial charge in [-0.05, 0) is 50.8 Å². The molecule has 0 saturated carbocycles. The zero-order chi connectivity index (χ0) is 15.5. The predicted octanol–water partition coefficient (Wildman–Crippen LogP) is 2.76. The third-order valence-corrected chi connectivity index (χ3v) is 4.60. The van der Waals surface area contributed by atoms with E-state index in [0.29, 0.717) is 0 Å². The minimum absolute atomic E-state index is 0.0315. The Kier molecular flexibility index (Phi) is 4.52. The molecule has 3 rings (SSSR count). The Labute approximate surface area is 132 Å². The van der Waals surface area contributed by atoms with Gasteiger partial charge in [0, 0.05) is 31.1 Å². The van der Waals surface area contributed by atoms with Gasteiger partial charge in [-0.25, -0.2) is 4.79 Å². The maximum Gasteiger partial charge on any atom is 0.319 e. The van der Waals surface area contributed by atoms with Crippen LogP contribution in [0.3, 0.4) is 0 Å². The summed E-state index contributed by atoms with van der Waals surface area (Å²) in [7, 11) is 0. The number of hydrogen-bond donors (Lipinski definition) is 2. The number of hydrogen-bond acceptors (Lipinski definition) is 3. The van der Waals surface area contributed by atoms with Crippen LogP contribution < -0.4 is 15.5 Å². The molecular formula is C17H25N3O2. The SMILES string of the molecule is CCN1CCc2ccc(NC(=O)NC(C)C3CCCO3)cc21. The average Bonchev–Trinajstić information content (AvgIpc) is 3.16. The van der Waals surface area contributed by atoms with Crippen LogP contribution in [0, 0.1) is 0 Å². The summed E-state index contributed by atoms with van der Waals surface area (Å²) in [5.74, 6) is 0. The number of likely N-dealkylation sites (N-methyl/N-ethyl adjacent to an activating group) is 1. The van der Waals surface area contributed by atoms with E-state index < -0.39 is 0 Å². The fraction of sp³-hybridized carbons (Fsp3) is 0.588. The van der Waals surface area contributed by atoms with Crippen molar-refractivity contribution in [3.05, 3.63) is 23.8 Å². The molecule has 2 amide bonds. The number of urea groups is 1. The number of ether oxygens (including phenoxy) is 1. The van der Waals surface area contributed by atoms with Crippen molar-refractivity contribution in [3.8, 4) is 0 Å². The highest BCUT2D eigenvalue weighted by atomic mass is 16.5. The number of nitrogens with one attached hydrogen (secondary N) is 2. The molecule has 5 nitrogen and oxygen atoms in total. The van der Waals surface area contributed by atoms with Gasteiger partial charge in [0.15, 0.2) is 0 Å². The van der Waals surface area contributed by atoms with Gasteiger partial charge in [0.1, 0.15) is 0 Å². The van der Waals surface area contributed by atoms with Gasteiger partial charge in [0.25, 0.3) is 0 Å². The van der Waals surface area contributed by atoms with Crippen LogP contribution in [0.25, 0.3) is 0 Å². The first-order valence-corrected chi connectivity index (χ1v) is 8.24. The summed E-state index contributed by atoms with van der Waals surface area (Å²) in [6.45, 7) is 7.02. The molecule has 2 N–H and O–H groups in total. The second kappa shape index (κ2) is 6.57. The molecule has 1 aromatic rings. The van der Waals surface area contributed by atoms with Gasteiger partial charge >= 0.3 is 6.03 Å². The van der Waals surface area contributed by atoms with E-state index in [4.69, 9.17) is 4.74 Å². The maximum absolute atomic E-state index is 12.1. The fourth-order valence-corrected chi connectivity index (χ4v) is 3.32. The molecule has 1 saturated heterocycles. The number of carbonyl (C=O) groups excluding carboxylic acids is 1. The first-order valence-electron chi connectivity index (χ1n) is 8.24. The summed E-state index contributed by atoms with van der Waals surface area (Å²) in [4.78, 5) is 14.5. The second-order valence-corrected chi connectivity index (χ2v) is 6.11. The van der Waals surface area contributed by atoms with Crippen molar-refractivity contribution < 1.29 is 9.53 Å². The molecule has 120 valence electrons. The lowest BCUT2D eigenvalue weighted by Crippen LogP contribution is -2.43. The van der Waals surface area contributed by atoms with Gasteiger partial charge in [-0.1, -0.05) is 6.07 Å². The molecule has 0 radical (unpaired) electrons. The Morgan fingerprint density at radius 1 is 1.50 bits per heavy atom. The summed E-state index contributed by atoms with van der Waals surface area (Å²) in [6.07, 6.45) is 3.33. The lowest BCUT2D eigenvalue weighted by atomic mass is 10.1. The third-order valence-electron chi connectivity index (χ3n) is 4.60. The van der Waals surface area contributed by atoms with E-state index in [1.807, 2.05) is 13.0 Å². The summed E-state index contributed by atoms with van der Waals surface area (Å²) in [5.41, 5.74) is 3.45. The molecule has 1 fully saturated rings. The zero-order valence-electron chi connectivity index (χ0n) is 13.4.